The fraction of sp³-hybridized carbons (Fsp3) is 0.100. The molecule has 13 heavy (non-hydrogen) atoms. The summed E-state index contributed by atoms with van der Waals surface area (Å²) in [5, 5.41) is 9.62. The van der Waals surface area contributed by atoms with Crippen molar-refractivity contribution in [3.8, 4) is 6.07 Å². The van der Waals surface area contributed by atoms with Gasteiger partial charge in [-0.3, -0.25) is 0 Å². The minimum Gasteiger partial charge on any atom is -0.360 e. The van der Waals surface area contributed by atoms with Crippen LogP contribution in [0.4, 0.5) is 4.39 Å². The quantitative estimate of drug-likeness (QED) is 0.654. The van der Waals surface area contributed by atoms with Crippen LogP contribution in [0.5, 0.6) is 0 Å². The first-order chi connectivity index (χ1) is 6.24. The smallest absolute Gasteiger partial charge is 0.143 e. The summed E-state index contributed by atoms with van der Waals surface area (Å²) in [4.78, 5) is 2.89. The average Bonchev–Trinajstić information content (AvgIpc) is 2.48. The molecule has 0 spiro atoms. The van der Waals surface area contributed by atoms with Crippen molar-refractivity contribution in [2.45, 2.75) is 6.92 Å². The van der Waals surface area contributed by atoms with Crippen molar-refractivity contribution in [2.24, 2.45) is 0 Å². The van der Waals surface area contributed by atoms with Gasteiger partial charge in [-0.15, -0.1) is 0 Å². The van der Waals surface area contributed by atoms with Gasteiger partial charge in [0.1, 0.15) is 17.4 Å². The molecule has 0 aliphatic heterocycles. The van der Waals surface area contributed by atoms with Crippen LogP contribution in [0.2, 0.25) is 0 Å². The van der Waals surface area contributed by atoms with Crippen LogP contribution in [0, 0.1) is 24.1 Å². The van der Waals surface area contributed by atoms with E-state index < -0.39 is 5.82 Å². The fourth-order valence-electron chi connectivity index (χ4n) is 1.42. The molecule has 0 atom stereocenters. The molecule has 0 amide bonds. The second-order valence-corrected chi connectivity index (χ2v) is 2.93. The zero-order chi connectivity index (χ0) is 9.42. The number of halogens is 1. The molecule has 0 aliphatic carbocycles. The zero-order valence-corrected chi connectivity index (χ0v) is 7.06. The molecule has 64 valence electrons. The summed E-state index contributed by atoms with van der Waals surface area (Å²) in [7, 11) is 0. The minimum atomic E-state index is -0.475. The Kier molecular flexibility index (Phi) is 1.56. The lowest BCUT2D eigenvalue weighted by Gasteiger charge is -1.95. The van der Waals surface area contributed by atoms with E-state index in [-0.39, 0.29) is 5.56 Å². The number of nitrogens with zero attached hydrogens (tertiary/aromatic N) is 1. The van der Waals surface area contributed by atoms with E-state index in [4.69, 9.17) is 5.26 Å². The number of aromatic nitrogens is 1. The lowest BCUT2D eigenvalue weighted by molar-refractivity contribution is 0.626. The number of hydrogen-bond donors (Lipinski definition) is 1. The van der Waals surface area contributed by atoms with E-state index in [0.717, 1.165) is 10.9 Å². The number of H-pyrrole nitrogens is 1. The van der Waals surface area contributed by atoms with E-state index >= 15 is 0 Å². The number of nitriles is 1. The van der Waals surface area contributed by atoms with E-state index in [0.29, 0.717) is 5.52 Å². The largest absolute Gasteiger partial charge is 0.360 e. The molecule has 0 aliphatic rings. The summed E-state index contributed by atoms with van der Waals surface area (Å²) in [5.41, 5.74) is 1.69. The highest BCUT2D eigenvalue weighted by Crippen LogP contribution is 2.22. The maximum absolute atomic E-state index is 13.1. The Labute approximate surface area is 74.6 Å². The normalized spacial score (nSPS) is 10.2. The fourth-order valence-corrected chi connectivity index (χ4v) is 1.42. The maximum Gasteiger partial charge on any atom is 0.143 e. The first kappa shape index (κ1) is 7.81. The van der Waals surface area contributed by atoms with Gasteiger partial charge in [-0.25, -0.2) is 4.39 Å². The number of rotatable bonds is 0. The average molecular weight is 174 g/mol. The third-order valence-corrected chi connectivity index (χ3v) is 2.12. The maximum atomic E-state index is 13.1. The summed E-state index contributed by atoms with van der Waals surface area (Å²) in [5.74, 6) is -0.475. The third kappa shape index (κ3) is 0.994. The third-order valence-electron chi connectivity index (χ3n) is 2.12. The van der Waals surface area contributed by atoms with Crippen molar-refractivity contribution < 1.29 is 4.39 Å². The minimum absolute atomic E-state index is 0.0885. The predicted octanol–water partition coefficient (Wildman–Crippen LogP) is 2.49. The molecule has 1 heterocycles. The summed E-state index contributed by atoms with van der Waals surface area (Å²) in [6.07, 6.45) is 1.77. The molecule has 2 aromatic rings. The van der Waals surface area contributed by atoms with Gasteiger partial charge in [0.15, 0.2) is 0 Å². The molecule has 1 aromatic carbocycles. The van der Waals surface area contributed by atoms with Gasteiger partial charge in [0.2, 0.25) is 0 Å². The Morgan fingerprint density at radius 2 is 2.23 bits per heavy atom. The van der Waals surface area contributed by atoms with Crippen LogP contribution in [-0.4, -0.2) is 4.98 Å². The van der Waals surface area contributed by atoms with E-state index in [9.17, 15) is 4.39 Å². The Bertz CT molecular complexity index is 505. The summed E-state index contributed by atoms with van der Waals surface area (Å²) in [6.45, 7) is 1.91. The lowest BCUT2D eigenvalue weighted by atomic mass is 10.1. The second kappa shape index (κ2) is 2.60. The number of fused-ring (bicyclic) bond motifs is 1. The molecule has 0 fully saturated rings. The topological polar surface area (TPSA) is 39.6 Å². The first-order valence-electron chi connectivity index (χ1n) is 3.90. The van der Waals surface area contributed by atoms with Crippen molar-refractivity contribution >= 4 is 10.9 Å². The van der Waals surface area contributed by atoms with Gasteiger partial charge in [-0.1, -0.05) is 0 Å². The van der Waals surface area contributed by atoms with Crippen LogP contribution in [-0.2, 0) is 0 Å². The van der Waals surface area contributed by atoms with Crippen LogP contribution in [0.3, 0.4) is 0 Å². The molecule has 0 saturated carbocycles. The molecule has 0 saturated heterocycles. The predicted molar refractivity (Wildman–Crippen MR) is 47.7 cm³/mol. The Balaban J connectivity index is 2.95. The molecule has 2 rings (SSSR count). The van der Waals surface area contributed by atoms with Crippen LogP contribution in [0.1, 0.15) is 11.1 Å². The van der Waals surface area contributed by atoms with Crippen molar-refractivity contribution in [3.63, 3.8) is 0 Å². The Morgan fingerprint density at radius 1 is 1.46 bits per heavy atom. The standard InChI is InChI=1S/C10H7FN2/c1-6-5-13-10-7(6)2-3-9(11)8(10)4-12/h2-3,5,13H,1H3. The van der Waals surface area contributed by atoms with Crippen molar-refractivity contribution in [1.82, 2.24) is 4.98 Å². The van der Waals surface area contributed by atoms with Crippen LogP contribution < -0.4 is 0 Å². The van der Waals surface area contributed by atoms with Gasteiger partial charge in [0.05, 0.1) is 5.52 Å². The highest BCUT2D eigenvalue weighted by Gasteiger charge is 2.08. The Morgan fingerprint density at radius 3 is 2.92 bits per heavy atom. The molecular weight excluding hydrogens is 167 g/mol. The number of nitrogens with one attached hydrogen (secondary N) is 1. The van der Waals surface area contributed by atoms with Crippen molar-refractivity contribution in [2.75, 3.05) is 0 Å². The van der Waals surface area contributed by atoms with E-state index in [1.165, 1.54) is 6.07 Å². The van der Waals surface area contributed by atoms with Gasteiger partial charge in [0.25, 0.3) is 0 Å². The molecule has 2 nitrogen and oxygen atoms in total. The van der Waals surface area contributed by atoms with E-state index in [2.05, 4.69) is 4.98 Å². The molecule has 1 aromatic heterocycles. The summed E-state index contributed by atoms with van der Waals surface area (Å²) in [6, 6.07) is 4.84. The molecule has 0 bridgehead atoms. The van der Waals surface area contributed by atoms with Crippen molar-refractivity contribution in [1.29, 1.82) is 5.26 Å². The number of benzene rings is 1. The summed E-state index contributed by atoms with van der Waals surface area (Å²) >= 11 is 0. The molecule has 3 heteroatoms. The molecule has 0 unspecified atom stereocenters. The zero-order valence-electron chi connectivity index (χ0n) is 7.06. The monoisotopic (exact) mass is 174 g/mol. The van der Waals surface area contributed by atoms with Crippen molar-refractivity contribution in [3.05, 3.63) is 35.3 Å². The number of hydrogen-bond acceptors (Lipinski definition) is 1. The summed E-state index contributed by atoms with van der Waals surface area (Å²) < 4.78 is 13.1. The number of aromatic amines is 1. The van der Waals surface area contributed by atoms with E-state index in [1.54, 1.807) is 12.3 Å². The molecule has 0 radical (unpaired) electrons. The van der Waals surface area contributed by atoms with E-state index in [1.807, 2.05) is 13.0 Å². The van der Waals surface area contributed by atoms with Gasteiger partial charge in [-0.2, -0.15) is 5.26 Å². The van der Waals surface area contributed by atoms with Gasteiger partial charge in [-0.05, 0) is 24.6 Å². The Hall–Kier alpha value is -1.82. The second-order valence-electron chi connectivity index (χ2n) is 2.93. The van der Waals surface area contributed by atoms with Gasteiger partial charge >= 0.3 is 0 Å². The SMILES string of the molecule is Cc1c[nH]c2c(C#N)c(F)ccc12. The van der Waals surface area contributed by atoms with Gasteiger partial charge < -0.3 is 4.98 Å². The first-order valence-corrected chi connectivity index (χ1v) is 3.90. The highest BCUT2D eigenvalue weighted by atomic mass is 19.1. The molecule has 1 N–H and O–H groups in total. The highest BCUT2D eigenvalue weighted by molar-refractivity contribution is 5.87. The van der Waals surface area contributed by atoms with Crippen LogP contribution in [0.15, 0.2) is 18.3 Å². The van der Waals surface area contributed by atoms with Crippen LogP contribution in [0.25, 0.3) is 10.9 Å². The number of aryl methyl sites for hydroxylation is 1. The van der Waals surface area contributed by atoms with Crippen LogP contribution >= 0.6 is 0 Å². The molecular formula is C10H7FN2. The van der Waals surface area contributed by atoms with Gasteiger partial charge in [0, 0.05) is 11.6 Å². The lowest BCUT2D eigenvalue weighted by Crippen LogP contribution is -1.84.